The van der Waals surface area contributed by atoms with E-state index in [0.717, 1.165) is 11.3 Å². The molecule has 0 saturated carbocycles. The van der Waals surface area contributed by atoms with Crippen LogP contribution in [0.4, 0.5) is 0 Å². The van der Waals surface area contributed by atoms with Crippen LogP contribution in [0.1, 0.15) is 24.2 Å². The molecule has 1 amide bonds. The first-order valence-corrected chi connectivity index (χ1v) is 7.30. The van der Waals surface area contributed by atoms with E-state index in [1.54, 1.807) is 0 Å². The number of hydrogen-bond acceptors (Lipinski definition) is 2. The van der Waals surface area contributed by atoms with Gasteiger partial charge in [-0.1, -0.05) is 6.07 Å². The lowest BCUT2D eigenvalue weighted by molar-refractivity contribution is -0.0249. The summed E-state index contributed by atoms with van der Waals surface area (Å²) in [6.45, 7) is 5.27. The van der Waals surface area contributed by atoms with Gasteiger partial charge in [-0.25, -0.2) is 0 Å². The van der Waals surface area contributed by atoms with Gasteiger partial charge in [-0.3, -0.25) is 4.79 Å². The van der Waals surface area contributed by atoms with E-state index in [4.69, 9.17) is 4.74 Å². The van der Waals surface area contributed by atoms with Crippen molar-refractivity contribution in [1.82, 2.24) is 9.47 Å². The largest absolute Gasteiger partial charge is 0.377 e. The molecule has 0 spiro atoms. The Morgan fingerprint density at radius 1 is 1.10 bits per heavy atom. The molecule has 0 radical (unpaired) electrons. The molecule has 0 bridgehead atoms. The molecule has 1 aromatic heterocycles. The Bertz CT molecular complexity index is 611. The zero-order valence-corrected chi connectivity index (χ0v) is 12.4. The van der Waals surface area contributed by atoms with Gasteiger partial charge in [0.05, 0.1) is 25.3 Å². The molecule has 1 fully saturated rings. The Balaban J connectivity index is 1.89. The van der Waals surface area contributed by atoms with Gasteiger partial charge < -0.3 is 14.2 Å². The van der Waals surface area contributed by atoms with E-state index < -0.39 is 0 Å². The molecule has 4 nitrogen and oxygen atoms in total. The molecular weight excluding hydrogens is 264 g/mol. The SMILES string of the molecule is CC1COCC(C)N1C(=O)c1cccc(-n2cccc2)c1. The van der Waals surface area contributed by atoms with Crippen molar-refractivity contribution in [2.24, 2.45) is 0 Å². The maximum Gasteiger partial charge on any atom is 0.254 e. The number of carbonyl (C=O) groups excluding carboxylic acids is 1. The number of amides is 1. The Morgan fingerprint density at radius 2 is 1.76 bits per heavy atom. The lowest BCUT2D eigenvalue weighted by atomic mass is 10.1. The minimum atomic E-state index is 0.0762. The smallest absolute Gasteiger partial charge is 0.254 e. The zero-order valence-electron chi connectivity index (χ0n) is 12.4. The van der Waals surface area contributed by atoms with Crippen LogP contribution in [0, 0.1) is 0 Å². The van der Waals surface area contributed by atoms with Crippen LogP contribution in [-0.4, -0.2) is 40.7 Å². The predicted molar refractivity (Wildman–Crippen MR) is 81.7 cm³/mol. The maximum absolute atomic E-state index is 12.8. The van der Waals surface area contributed by atoms with E-state index in [2.05, 4.69) is 0 Å². The van der Waals surface area contributed by atoms with Crippen LogP contribution in [0.25, 0.3) is 5.69 Å². The second-order valence-corrected chi connectivity index (χ2v) is 5.59. The van der Waals surface area contributed by atoms with Crippen molar-refractivity contribution in [2.45, 2.75) is 25.9 Å². The monoisotopic (exact) mass is 284 g/mol. The molecule has 2 unspecified atom stereocenters. The molecule has 4 heteroatoms. The molecule has 2 atom stereocenters. The molecule has 1 aliphatic rings. The van der Waals surface area contributed by atoms with E-state index in [1.165, 1.54) is 0 Å². The van der Waals surface area contributed by atoms with Crippen molar-refractivity contribution in [2.75, 3.05) is 13.2 Å². The van der Waals surface area contributed by atoms with Gasteiger partial charge in [0, 0.05) is 23.6 Å². The van der Waals surface area contributed by atoms with Gasteiger partial charge in [0.25, 0.3) is 5.91 Å². The third kappa shape index (κ3) is 2.72. The summed E-state index contributed by atoms with van der Waals surface area (Å²) >= 11 is 0. The molecule has 2 aromatic rings. The van der Waals surface area contributed by atoms with E-state index in [1.807, 2.05) is 72.1 Å². The molecule has 110 valence electrons. The fourth-order valence-corrected chi connectivity index (χ4v) is 2.86. The molecule has 1 aliphatic heterocycles. The number of hydrogen-bond donors (Lipinski definition) is 0. The first-order chi connectivity index (χ1) is 10.2. The molecule has 1 aromatic carbocycles. The van der Waals surface area contributed by atoms with Crippen molar-refractivity contribution < 1.29 is 9.53 Å². The summed E-state index contributed by atoms with van der Waals surface area (Å²) < 4.78 is 7.50. The highest BCUT2D eigenvalue weighted by molar-refractivity contribution is 5.95. The number of nitrogens with zero attached hydrogens (tertiary/aromatic N) is 2. The van der Waals surface area contributed by atoms with Crippen molar-refractivity contribution in [1.29, 1.82) is 0 Å². The predicted octanol–water partition coefficient (Wildman–Crippen LogP) is 2.73. The number of carbonyl (C=O) groups is 1. The fourth-order valence-electron chi connectivity index (χ4n) is 2.86. The van der Waals surface area contributed by atoms with Gasteiger partial charge in [-0.2, -0.15) is 0 Å². The van der Waals surface area contributed by atoms with E-state index in [-0.39, 0.29) is 18.0 Å². The molecule has 0 N–H and O–H groups in total. The van der Waals surface area contributed by atoms with Crippen molar-refractivity contribution >= 4 is 5.91 Å². The van der Waals surface area contributed by atoms with Crippen LogP contribution in [-0.2, 0) is 4.74 Å². The molecule has 1 saturated heterocycles. The molecule has 3 rings (SSSR count). The van der Waals surface area contributed by atoms with Gasteiger partial charge in [-0.05, 0) is 44.2 Å². The van der Waals surface area contributed by atoms with Crippen LogP contribution in [0.2, 0.25) is 0 Å². The average molecular weight is 284 g/mol. The molecule has 2 heterocycles. The summed E-state index contributed by atoms with van der Waals surface area (Å²) in [5, 5.41) is 0. The van der Waals surface area contributed by atoms with Gasteiger partial charge in [0.1, 0.15) is 0 Å². The Morgan fingerprint density at radius 3 is 2.43 bits per heavy atom. The van der Waals surface area contributed by atoms with Gasteiger partial charge in [-0.15, -0.1) is 0 Å². The van der Waals surface area contributed by atoms with Crippen molar-refractivity contribution in [3.8, 4) is 5.69 Å². The highest BCUT2D eigenvalue weighted by Crippen LogP contribution is 2.19. The van der Waals surface area contributed by atoms with Gasteiger partial charge in [0.15, 0.2) is 0 Å². The zero-order chi connectivity index (χ0) is 14.8. The fraction of sp³-hybridized carbons (Fsp3) is 0.353. The number of ether oxygens (including phenoxy) is 1. The highest BCUT2D eigenvalue weighted by Gasteiger charge is 2.30. The summed E-state index contributed by atoms with van der Waals surface area (Å²) in [6, 6.07) is 11.9. The normalized spacial score (nSPS) is 22.3. The first kappa shape index (κ1) is 13.9. The quantitative estimate of drug-likeness (QED) is 0.850. The van der Waals surface area contributed by atoms with Crippen LogP contribution in [0.5, 0.6) is 0 Å². The summed E-state index contributed by atoms with van der Waals surface area (Å²) in [6.07, 6.45) is 3.95. The third-order valence-electron chi connectivity index (χ3n) is 3.90. The van der Waals surface area contributed by atoms with Crippen LogP contribution < -0.4 is 0 Å². The van der Waals surface area contributed by atoms with E-state index in [0.29, 0.717) is 13.2 Å². The second kappa shape index (κ2) is 5.74. The average Bonchev–Trinajstić information content (AvgIpc) is 3.01. The molecule has 21 heavy (non-hydrogen) atoms. The lowest BCUT2D eigenvalue weighted by Crippen LogP contribution is -2.52. The third-order valence-corrected chi connectivity index (χ3v) is 3.90. The Hall–Kier alpha value is -2.07. The summed E-state index contributed by atoms with van der Waals surface area (Å²) in [4.78, 5) is 14.7. The summed E-state index contributed by atoms with van der Waals surface area (Å²) in [5.41, 5.74) is 1.72. The van der Waals surface area contributed by atoms with E-state index in [9.17, 15) is 4.79 Å². The number of benzene rings is 1. The van der Waals surface area contributed by atoms with Crippen LogP contribution >= 0.6 is 0 Å². The topological polar surface area (TPSA) is 34.5 Å². The van der Waals surface area contributed by atoms with E-state index >= 15 is 0 Å². The lowest BCUT2D eigenvalue weighted by Gasteiger charge is -2.38. The minimum Gasteiger partial charge on any atom is -0.377 e. The first-order valence-electron chi connectivity index (χ1n) is 7.30. The Kier molecular flexibility index (Phi) is 3.80. The van der Waals surface area contributed by atoms with Crippen molar-refractivity contribution in [3.63, 3.8) is 0 Å². The number of morpholine rings is 1. The van der Waals surface area contributed by atoms with Gasteiger partial charge in [0.2, 0.25) is 0 Å². The van der Waals surface area contributed by atoms with Crippen molar-refractivity contribution in [3.05, 3.63) is 54.4 Å². The summed E-state index contributed by atoms with van der Waals surface area (Å²) in [5.74, 6) is 0.0762. The van der Waals surface area contributed by atoms with Gasteiger partial charge >= 0.3 is 0 Å². The maximum atomic E-state index is 12.8. The van der Waals surface area contributed by atoms with Crippen LogP contribution in [0.3, 0.4) is 0 Å². The summed E-state index contributed by atoms with van der Waals surface area (Å²) in [7, 11) is 0. The second-order valence-electron chi connectivity index (χ2n) is 5.59. The number of aromatic nitrogens is 1. The highest BCUT2D eigenvalue weighted by atomic mass is 16.5. The molecule has 0 aliphatic carbocycles. The number of rotatable bonds is 2. The molecular formula is C17H20N2O2. The minimum absolute atomic E-state index is 0.0762. The Labute approximate surface area is 124 Å². The standard InChI is InChI=1S/C17H20N2O2/c1-13-11-21-12-14(2)19(13)17(20)15-6-5-7-16(10-15)18-8-3-4-9-18/h3-10,13-14H,11-12H2,1-2H3. The van der Waals surface area contributed by atoms with Crippen LogP contribution in [0.15, 0.2) is 48.8 Å².